The summed E-state index contributed by atoms with van der Waals surface area (Å²) < 4.78 is 5.46. The predicted molar refractivity (Wildman–Crippen MR) is 85.2 cm³/mol. The zero-order chi connectivity index (χ0) is 15.5. The maximum atomic E-state index is 12.5. The molecule has 4 nitrogen and oxygen atoms in total. The molecule has 1 amide bonds. The van der Waals surface area contributed by atoms with E-state index in [1.165, 1.54) is 0 Å². The van der Waals surface area contributed by atoms with Crippen LogP contribution in [-0.2, 0) is 14.3 Å². The number of ether oxygens (including phenoxy) is 1. The highest BCUT2D eigenvalue weighted by molar-refractivity contribution is 7.99. The summed E-state index contributed by atoms with van der Waals surface area (Å²) in [6.07, 6.45) is 4.49. The summed E-state index contributed by atoms with van der Waals surface area (Å²) >= 11 is 1.97. The van der Waals surface area contributed by atoms with E-state index < -0.39 is 5.60 Å². The molecule has 0 saturated carbocycles. The number of hydrogen-bond acceptors (Lipinski definition) is 4. The first-order valence-corrected chi connectivity index (χ1v) is 9.12. The van der Waals surface area contributed by atoms with E-state index in [0.29, 0.717) is 18.9 Å². The average molecular weight is 313 g/mol. The Morgan fingerprint density at radius 3 is 2.48 bits per heavy atom. The lowest BCUT2D eigenvalue weighted by Crippen LogP contribution is -2.44. The topological polar surface area (TPSA) is 46.6 Å². The zero-order valence-corrected chi connectivity index (χ0v) is 14.2. The fourth-order valence-corrected chi connectivity index (χ4v) is 4.20. The average Bonchev–Trinajstić information content (AvgIpc) is 2.87. The summed E-state index contributed by atoms with van der Waals surface area (Å²) in [6, 6.07) is -0.366. The number of amides is 1. The SMILES string of the molecule is CC(C)(C)OC(=O)[C@H]1CCCN1C(=O)CC1CCSCC1. The molecule has 2 rings (SSSR count). The molecule has 0 unspecified atom stereocenters. The van der Waals surface area contributed by atoms with Crippen LogP contribution in [0.25, 0.3) is 0 Å². The third-order valence-corrected chi connectivity index (χ3v) is 5.10. The molecular formula is C16H27NO3S. The summed E-state index contributed by atoms with van der Waals surface area (Å²) in [7, 11) is 0. The highest BCUT2D eigenvalue weighted by Crippen LogP contribution is 2.28. The minimum absolute atomic E-state index is 0.139. The van der Waals surface area contributed by atoms with E-state index in [0.717, 1.165) is 37.2 Å². The van der Waals surface area contributed by atoms with Gasteiger partial charge < -0.3 is 9.64 Å². The molecule has 0 bridgehead atoms. The van der Waals surface area contributed by atoms with Crippen LogP contribution in [-0.4, -0.2) is 46.5 Å². The molecule has 0 spiro atoms. The molecule has 0 radical (unpaired) electrons. The van der Waals surface area contributed by atoms with Gasteiger partial charge in [-0.1, -0.05) is 0 Å². The van der Waals surface area contributed by atoms with Crippen molar-refractivity contribution in [3.63, 3.8) is 0 Å². The molecule has 2 saturated heterocycles. The Labute approximate surface area is 132 Å². The largest absolute Gasteiger partial charge is 0.458 e. The minimum atomic E-state index is -0.491. The standard InChI is InChI=1S/C16H27NO3S/c1-16(2,3)20-15(19)13-5-4-8-17(13)14(18)11-12-6-9-21-10-7-12/h12-13H,4-11H2,1-3H3/t13-/m1/s1. The Morgan fingerprint density at radius 1 is 1.19 bits per heavy atom. The fourth-order valence-electron chi connectivity index (χ4n) is 2.99. The lowest BCUT2D eigenvalue weighted by Gasteiger charge is -2.29. The van der Waals surface area contributed by atoms with Crippen LogP contribution in [0.3, 0.4) is 0 Å². The maximum absolute atomic E-state index is 12.5. The fraction of sp³-hybridized carbons (Fsp3) is 0.875. The number of esters is 1. The molecule has 2 aliphatic rings. The van der Waals surface area contributed by atoms with Gasteiger partial charge in [0, 0.05) is 13.0 Å². The molecule has 21 heavy (non-hydrogen) atoms. The summed E-state index contributed by atoms with van der Waals surface area (Å²) in [6.45, 7) is 6.30. The Kier molecular flexibility index (Phi) is 5.58. The van der Waals surface area contributed by atoms with Crippen molar-refractivity contribution >= 4 is 23.6 Å². The number of thioether (sulfide) groups is 1. The van der Waals surface area contributed by atoms with E-state index >= 15 is 0 Å². The third-order valence-electron chi connectivity index (χ3n) is 4.06. The molecule has 2 heterocycles. The molecule has 2 aliphatic heterocycles. The van der Waals surface area contributed by atoms with E-state index in [1.54, 1.807) is 4.90 Å². The molecule has 0 aliphatic carbocycles. The Bertz CT molecular complexity index is 385. The maximum Gasteiger partial charge on any atom is 0.329 e. The van der Waals surface area contributed by atoms with Gasteiger partial charge in [-0.2, -0.15) is 11.8 Å². The van der Waals surface area contributed by atoms with E-state index in [2.05, 4.69) is 0 Å². The van der Waals surface area contributed by atoms with Crippen molar-refractivity contribution in [2.24, 2.45) is 5.92 Å². The summed E-state index contributed by atoms with van der Waals surface area (Å²) in [5.74, 6) is 2.72. The Balaban J connectivity index is 1.91. The highest BCUT2D eigenvalue weighted by Gasteiger charge is 2.37. The van der Waals surface area contributed by atoms with Crippen LogP contribution in [0.5, 0.6) is 0 Å². The first-order valence-electron chi connectivity index (χ1n) is 7.97. The van der Waals surface area contributed by atoms with Gasteiger partial charge in [-0.3, -0.25) is 4.79 Å². The van der Waals surface area contributed by atoms with Gasteiger partial charge in [0.15, 0.2) is 0 Å². The molecule has 5 heteroatoms. The van der Waals surface area contributed by atoms with Crippen LogP contribution < -0.4 is 0 Å². The minimum Gasteiger partial charge on any atom is -0.458 e. The van der Waals surface area contributed by atoms with Gasteiger partial charge in [0.2, 0.25) is 5.91 Å². The van der Waals surface area contributed by atoms with Crippen molar-refractivity contribution in [2.45, 2.75) is 64.5 Å². The molecule has 0 aromatic carbocycles. The summed E-state index contributed by atoms with van der Waals surface area (Å²) in [4.78, 5) is 26.5. The number of hydrogen-bond donors (Lipinski definition) is 0. The summed E-state index contributed by atoms with van der Waals surface area (Å²) in [5.41, 5.74) is -0.491. The Morgan fingerprint density at radius 2 is 1.86 bits per heavy atom. The predicted octanol–water partition coefficient (Wildman–Crippen LogP) is 2.85. The second-order valence-corrected chi connectivity index (χ2v) is 8.26. The van der Waals surface area contributed by atoms with E-state index in [-0.39, 0.29) is 17.9 Å². The van der Waals surface area contributed by atoms with E-state index in [4.69, 9.17) is 4.74 Å². The molecule has 0 aromatic heterocycles. The van der Waals surface area contributed by atoms with Gasteiger partial charge in [-0.15, -0.1) is 0 Å². The van der Waals surface area contributed by atoms with Crippen LogP contribution in [0.15, 0.2) is 0 Å². The molecule has 2 fully saturated rings. The smallest absolute Gasteiger partial charge is 0.329 e. The lowest BCUT2D eigenvalue weighted by molar-refractivity contribution is -0.163. The lowest BCUT2D eigenvalue weighted by atomic mass is 9.98. The van der Waals surface area contributed by atoms with Gasteiger partial charge in [0.1, 0.15) is 11.6 Å². The van der Waals surface area contributed by atoms with Gasteiger partial charge in [-0.05, 0) is 63.9 Å². The van der Waals surface area contributed by atoms with Crippen LogP contribution in [0.4, 0.5) is 0 Å². The van der Waals surface area contributed by atoms with Crippen LogP contribution in [0.1, 0.15) is 52.9 Å². The molecule has 1 atom stereocenters. The van der Waals surface area contributed by atoms with Gasteiger partial charge in [0.05, 0.1) is 0 Å². The third kappa shape index (κ3) is 4.90. The first-order chi connectivity index (χ1) is 9.87. The second kappa shape index (κ2) is 7.03. The first kappa shape index (κ1) is 16.7. The second-order valence-electron chi connectivity index (χ2n) is 7.04. The van der Waals surface area contributed by atoms with Crippen molar-refractivity contribution in [3.8, 4) is 0 Å². The van der Waals surface area contributed by atoms with Crippen molar-refractivity contribution < 1.29 is 14.3 Å². The Hall–Kier alpha value is -0.710. The number of carbonyl (C=O) groups excluding carboxylic acids is 2. The number of carbonyl (C=O) groups is 2. The van der Waals surface area contributed by atoms with Gasteiger partial charge in [-0.25, -0.2) is 4.79 Å². The zero-order valence-electron chi connectivity index (χ0n) is 13.4. The van der Waals surface area contributed by atoms with Crippen LogP contribution in [0, 0.1) is 5.92 Å². The van der Waals surface area contributed by atoms with E-state index in [9.17, 15) is 9.59 Å². The monoisotopic (exact) mass is 313 g/mol. The van der Waals surface area contributed by atoms with E-state index in [1.807, 2.05) is 32.5 Å². The van der Waals surface area contributed by atoms with Crippen molar-refractivity contribution in [2.75, 3.05) is 18.1 Å². The van der Waals surface area contributed by atoms with Crippen LogP contribution in [0.2, 0.25) is 0 Å². The molecular weight excluding hydrogens is 286 g/mol. The van der Waals surface area contributed by atoms with Gasteiger partial charge >= 0.3 is 5.97 Å². The molecule has 120 valence electrons. The number of nitrogens with zero attached hydrogens (tertiary/aromatic N) is 1. The number of likely N-dealkylation sites (tertiary alicyclic amines) is 1. The van der Waals surface area contributed by atoms with Crippen LogP contribution >= 0.6 is 11.8 Å². The number of rotatable bonds is 3. The highest BCUT2D eigenvalue weighted by atomic mass is 32.2. The van der Waals surface area contributed by atoms with Crippen molar-refractivity contribution in [1.29, 1.82) is 0 Å². The van der Waals surface area contributed by atoms with Crippen molar-refractivity contribution in [1.82, 2.24) is 4.90 Å². The molecule has 0 aromatic rings. The normalized spacial score (nSPS) is 24.1. The molecule has 0 N–H and O–H groups in total. The van der Waals surface area contributed by atoms with Gasteiger partial charge in [0.25, 0.3) is 0 Å². The van der Waals surface area contributed by atoms with Crippen molar-refractivity contribution in [3.05, 3.63) is 0 Å². The summed E-state index contributed by atoms with van der Waals surface area (Å²) in [5, 5.41) is 0. The quantitative estimate of drug-likeness (QED) is 0.752.